The largest absolute Gasteiger partial charge is 0.478 e. The Hall–Kier alpha value is -2.36. The summed E-state index contributed by atoms with van der Waals surface area (Å²) < 4.78 is 5.02. The predicted octanol–water partition coefficient (Wildman–Crippen LogP) is 2.27. The molecule has 0 aliphatic rings. The highest BCUT2D eigenvalue weighted by molar-refractivity contribution is 5.92. The fourth-order valence-corrected chi connectivity index (χ4v) is 1.15. The summed E-state index contributed by atoms with van der Waals surface area (Å²) in [5.41, 5.74) is 0.466. The minimum absolute atomic E-state index is 0.203. The quantitative estimate of drug-likeness (QED) is 0.480. The maximum absolute atomic E-state index is 11.4. The van der Waals surface area contributed by atoms with Crippen LogP contribution in [0.5, 0.6) is 5.75 Å². The molecule has 88 valence electrons. The molecule has 0 aromatic heterocycles. The van der Waals surface area contributed by atoms with Gasteiger partial charge in [0, 0.05) is 11.1 Å². The number of carboxylic acid groups (broad SMARTS) is 1. The lowest BCUT2D eigenvalue weighted by Crippen LogP contribution is -2.12. The summed E-state index contributed by atoms with van der Waals surface area (Å²) in [6.45, 7) is 6.84. The standard InChI is InChI=1S/C13H12O4/c1-3-10-6-4-5-7-11(10)17-12(14)8-9(2)13(15)16/h3-7H,1-2,8H2,(H,15,16). The molecule has 0 amide bonds. The fraction of sp³-hybridized carbons (Fsp3) is 0.0769. The molecule has 0 fully saturated rings. The molecule has 1 rings (SSSR count). The van der Waals surface area contributed by atoms with E-state index in [1.807, 2.05) is 0 Å². The van der Waals surface area contributed by atoms with E-state index in [9.17, 15) is 9.59 Å². The van der Waals surface area contributed by atoms with Crippen molar-refractivity contribution in [3.05, 3.63) is 48.6 Å². The third kappa shape index (κ3) is 3.61. The summed E-state index contributed by atoms with van der Waals surface area (Å²) in [5, 5.41) is 8.57. The van der Waals surface area contributed by atoms with Gasteiger partial charge in [-0.05, 0) is 6.07 Å². The van der Waals surface area contributed by atoms with Gasteiger partial charge < -0.3 is 9.84 Å². The van der Waals surface area contributed by atoms with Crippen LogP contribution in [0, 0.1) is 0 Å². The number of ether oxygens (including phenoxy) is 1. The van der Waals surface area contributed by atoms with Crippen LogP contribution in [0.15, 0.2) is 43.0 Å². The second kappa shape index (κ2) is 5.65. The van der Waals surface area contributed by atoms with Gasteiger partial charge in [-0.1, -0.05) is 37.4 Å². The zero-order chi connectivity index (χ0) is 12.8. The third-order valence-electron chi connectivity index (χ3n) is 2.02. The van der Waals surface area contributed by atoms with Crippen molar-refractivity contribution in [2.24, 2.45) is 0 Å². The number of carbonyl (C=O) groups is 2. The average Bonchev–Trinajstić information content (AvgIpc) is 2.29. The number of para-hydroxylation sites is 1. The molecule has 0 heterocycles. The molecular weight excluding hydrogens is 220 g/mol. The van der Waals surface area contributed by atoms with E-state index < -0.39 is 11.9 Å². The third-order valence-corrected chi connectivity index (χ3v) is 2.02. The molecule has 0 atom stereocenters. The first-order chi connectivity index (χ1) is 8.04. The lowest BCUT2D eigenvalue weighted by Gasteiger charge is -2.06. The van der Waals surface area contributed by atoms with Crippen LogP contribution in [0.25, 0.3) is 6.08 Å². The Labute approximate surface area is 98.8 Å². The van der Waals surface area contributed by atoms with Crippen molar-refractivity contribution >= 4 is 18.0 Å². The molecule has 0 bridgehead atoms. The predicted molar refractivity (Wildman–Crippen MR) is 63.6 cm³/mol. The molecule has 0 spiro atoms. The topological polar surface area (TPSA) is 63.6 Å². The van der Waals surface area contributed by atoms with E-state index in [4.69, 9.17) is 9.84 Å². The zero-order valence-corrected chi connectivity index (χ0v) is 9.18. The van der Waals surface area contributed by atoms with Crippen LogP contribution in [0.3, 0.4) is 0 Å². The normalized spacial score (nSPS) is 9.41. The van der Waals surface area contributed by atoms with Crippen LogP contribution >= 0.6 is 0 Å². The van der Waals surface area contributed by atoms with Crippen molar-refractivity contribution in [2.45, 2.75) is 6.42 Å². The second-order valence-electron chi connectivity index (χ2n) is 3.30. The van der Waals surface area contributed by atoms with Crippen LogP contribution < -0.4 is 4.74 Å². The fourth-order valence-electron chi connectivity index (χ4n) is 1.15. The molecule has 0 saturated heterocycles. The number of carboxylic acids is 1. The SMILES string of the molecule is C=Cc1ccccc1OC(=O)CC(=C)C(=O)O. The number of benzene rings is 1. The maximum Gasteiger partial charge on any atom is 0.331 e. The van der Waals surface area contributed by atoms with Crippen LogP contribution in [0.1, 0.15) is 12.0 Å². The Balaban J connectivity index is 2.71. The van der Waals surface area contributed by atoms with Crippen molar-refractivity contribution in [1.29, 1.82) is 0 Å². The molecule has 0 aliphatic heterocycles. The molecule has 17 heavy (non-hydrogen) atoms. The molecule has 4 heteroatoms. The lowest BCUT2D eigenvalue weighted by molar-refractivity contribution is -0.138. The molecular formula is C13H12O4. The van der Waals surface area contributed by atoms with Crippen molar-refractivity contribution in [3.8, 4) is 5.75 Å². The van der Waals surface area contributed by atoms with Crippen LogP contribution in [-0.4, -0.2) is 17.0 Å². The maximum atomic E-state index is 11.4. The summed E-state index contributed by atoms with van der Waals surface area (Å²) in [5.74, 6) is -1.52. The zero-order valence-electron chi connectivity index (χ0n) is 9.18. The Bertz CT molecular complexity index is 474. The second-order valence-corrected chi connectivity index (χ2v) is 3.30. The minimum Gasteiger partial charge on any atom is -0.478 e. The van der Waals surface area contributed by atoms with Gasteiger partial charge in [-0.2, -0.15) is 0 Å². The van der Waals surface area contributed by atoms with Gasteiger partial charge in [0.2, 0.25) is 0 Å². The first-order valence-electron chi connectivity index (χ1n) is 4.88. The molecule has 1 N–H and O–H groups in total. The Morgan fingerprint density at radius 2 is 2.00 bits per heavy atom. The van der Waals surface area contributed by atoms with E-state index in [0.29, 0.717) is 11.3 Å². The molecule has 0 unspecified atom stereocenters. The monoisotopic (exact) mass is 232 g/mol. The first-order valence-corrected chi connectivity index (χ1v) is 4.88. The molecule has 0 aliphatic carbocycles. The van der Waals surface area contributed by atoms with E-state index in [1.54, 1.807) is 30.3 Å². The van der Waals surface area contributed by atoms with Gasteiger partial charge in [-0.3, -0.25) is 4.79 Å². The van der Waals surface area contributed by atoms with Crippen molar-refractivity contribution in [3.63, 3.8) is 0 Å². The van der Waals surface area contributed by atoms with E-state index in [2.05, 4.69) is 13.2 Å². The summed E-state index contributed by atoms with van der Waals surface area (Å²) in [7, 11) is 0. The van der Waals surface area contributed by atoms with Gasteiger partial charge in [0.25, 0.3) is 0 Å². The van der Waals surface area contributed by atoms with Gasteiger partial charge in [0.15, 0.2) is 0 Å². The van der Waals surface area contributed by atoms with E-state index >= 15 is 0 Å². The first kappa shape index (κ1) is 12.7. The number of hydrogen-bond donors (Lipinski definition) is 1. The summed E-state index contributed by atoms with van der Waals surface area (Å²) in [4.78, 5) is 21.9. The number of esters is 1. The Morgan fingerprint density at radius 1 is 1.35 bits per heavy atom. The van der Waals surface area contributed by atoms with E-state index in [-0.39, 0.29) is 12.0 Å². The van der Waals surface area contributed by atoms with Gasteiger partial charge in [-0.25, -0.2) is 4.79 Å². The van der Waals surface area contributed by atoms with E-state index in [0.717, 1.165) is 0 Å². The molecule has 0 radical (unpaired) electrons. The highest BCUT2D eigenvalue weighted by atomic mass is 16.5. The van der Waals surface area contributed by atoms with Gasteiger partial charge in [0.05, 0.1) is 6.42 Å². The number of carbonyl (C=O) groups excluding carboxylic acids is 1. The average molecular weight is 232 g/mol. The number of aliphatic carboxylic acids is 1. The van der Waals surface area contributed by atoms with Crippen molar-refractivity contribution in [1.82, 2.24) is 0 Å². The summed E-state index contributed by atoms with van der Waals surface area (Å²) in [6, 6.07) is 6.84. The minimum atomic E-state index is -1.21. The van der Waals surface area contributed by atoms with Gasteiger partial charge in [-0.15, -0.1) is 0 Å². The van der Waals surface area contributed by atoms with Gasteiger partial charge in [0.1, 0.15) is 5.75 Å². The van der Waals surface area contributed by atoms with Crippen LogP contribution in [0.4, 0.5) is 0 Å². The molecule has 4 nitrogen and oxygen atoms in total. The molecule has 1 aromatic carbocycles. The molecule has 0 saturated carbocycles. The smallest absolute Gasteiger partial charge is 0.331 e. The summed E-state index contributed by atoms with van der Waals surface area (Å²) in [6.07, 6.45) is 1.20. The highest BCUT2D eigenvalue weighted by Gasteiger charge is 2.13. The molecule has 1 aromatic rings. The van der Waals surface area contributed by atoms with Crippen molar-refractivity contribution < 1.29 is 19.4 Å². The van der Waals surface area contributed by atoms with Crippen LogP contribution in [0.2, 0.25) is 0 Å². The lowest BCUT2D eigenvalue weighted by atomic mass is 10.2. The number of rotatable bonds is 5. The highest BCUT2D eigenvalue weighted by Crippen LogP contribution is 2.19. The Morgan fingerprint density at radius 3 is 2.59 bits per heavy atom. The van der Waals surface area contributed by atoms with Gasteiger partial charge >= 0.3 is 11.9 Å². The Kier molecular flexibility index (Phi) is 4.22. The van der Waals surface area contributed by atoms with Crippen LogP contribution in [-0.2, 0) is 9.59 Å². The van der Waals surface area contributed by atoms with E-state index in [1.165, 1.54) is 0 Å². The summed E-state index contributed by atoms with van der Waals surface area (Å²) >= 11 is 0. The number of hydrogen-bond acceptors (Lipinski definition) is 3. The van der Waals surface area contributed by atoms with Crippen molar-refractivity contribution in [2.75, 3.05) is 0 Å².